The van der Waals surface area contributed by atoms with E-state index in [0.29, 0.717) is 24.0 Å². The van der Waals surface area contributed by atoms with E-state index in [9.17, 15) is 102 Å². The summed E-state index contributed by atoms with van der Waals surface area (Å²) in [6.45, 7) is 10.3. The summed E-state index contributed by atoms with van der Waals surface area (Å²) in [6, 6.07) is -17.9. The quantitative estimate of drug-likeness (QED) is 0.0125. The SMILES string of the molecule is CC[C@H](C)[C@@H](NC(=O)[C@@H](C)NC(=O)[C@@H](CC(N)=O)NC(=O)[C@@H](CCCCN)NC(=O)[C@H](CCCN=C(N)N)NC(=O)[C@H](CCCN=C(N)N)NC(=O)[C@@H](CO)NC(=O)[C@@H](NC(=O)[C@@H](CCCCN)NC(=O)[C@H](NC(=O)[C@@H](N)CCSC)[C@@H](C)O)[C@H](C)O)C(=O)N[C@H](C)C(=O)N[C@H](CC(N)=O)C(=O)N[C@H](Cc1ccc(O)cc1)C(=O)N[C@H](C=O)CC(C)C. The third-order valence-electron chi connectivity index (χ3n) is 18.8. The van der Waals surface area contributed by atoms with Gasteiger partial charge >= 0.3 is 0 Å². The summed E-state index contributed by atoms with van der Waals surface area (Å²) in [7, 11) is 0. The zero-order valence-corrected chi connectivity index (χ0v) is 71.5. The number of aldehydes is 1. The van der Waals surface area contributed by atoms with Gasteiger partial charge in [-0.2, -0.15) is 11.8 Å². The van der Waals surface area contributed by atoms with Crippen LogP contribution in [-0.4, -0.2) is 281 Å². The third kappa shape index (κ3) is 42.4. The summed E-state index contributed by atoms with van der Waals surface area (Å²) in [5, 5.41) is 75.8. The van der Waals surface area contributed by atoms with Gasteiger partial charge in [0.25, 0.3) is 0 Å². The second kappa shape index (κ2) is 58.0. The number of aliphatic hydroxyl groups is 3. The average Bonchev–Trinajstić information content (AvgIpc) is 0.854. The second-order valence-corrected chi connectivity index (χ2v) is 30.9. The van der Waals surface area contributed by atoms with Crippen LogP contribution in [0.1, 0.15) is 157 Å². The summed E-state index contributed by atoms with van der Waals surface area (Å²) < 4.78 is 0. The number of benzene rings is 1. The first-order chi connectivity index (χ1) is 57.4. The molecule has 0 aliphatic heterocycles. The van der Waals surface area contributed by atoms with Crippen LogP contribution in [0.25, 0.3) is 0 Å². The van der Waals surface area contributed by atoms with Crippen molar-refractivity contribution < 1.29 is 102 Å². The molecule has 0 bridgehead atoms. The maximum atomic E-state index is 14.7. The number of phenols is 1. The molecule has 47 heteroatoms. The number of hydrogen-bond donors (Lipinski definition) is 27. The lowest BCUT2D eigenvalue weighted by Gasteiger charge is -2.29. The van der Waals surface area contributed by atoms with Crippen LogP contribution in [0.4, 0.5) is 0 Å². The molecule has 0 heterocycles. The van der Waals surface area contributed by atoms with Crippen molar-refractivity contribution in [3.8, 4) is 5.75 Å². The summed E-state index contributed by atoms with van der Waals surface area (Å²) in [6.07, 6.45) is -2.24. The largest absolute Gasteiger partial charge is 0.508 e. The average molecular weight is 1750 g/mol. The minimum absolute atomic E-state index is 0.0306. The van der Waals surface area contributed by atoms with Gasteiger partial charge < -0.3 is 151 Å². The molecule has 0 saturated heterocycles. The first-order valence-electron chi connectivity index (χ1n) is 40.2. The number of phenolic OH excluding ortho intramolecular Hbond substituents is 1. The summed E-state index contributed by atoms with van der Waals surface area (Å²) in [5.41, 5.74) is 51.2. The molecule has 688 valence electrons. The fraction of sp³-hybridized carbons (Fsp3) is 0.667. The molecule has 16 amide bonds. The number of nitrogens with two attached hydrogens (primary N) is 9. The van der Waals surface area contributed by atoms with Crippen molar-refractivity contribution in [1.82, 2.24) is 74.4 Å². The Kier molecular flexibility index (Phi) is 51.7. The lowest BCUT2D eigenvalue weighted by Crippen LogP contribution is -2.63. The fourth-order valence-corrected chi connectivity index (χ4v) is 12.2. The molecular weight excluding hydrogens is 1620 g/mol. The monoisotopic (exact) mass is 1750 g/mol. The number of guanidine groups is 2. The first kappa shape index (κ1) is 109. The topological polar surface area (TPSA) is 798 Å². The molecule has 0 saturated carbocycles. The van der Waals surface area contributed by atoms with Gasteiger partial charge in [0.1, 0.15) is 90.6 Å². The summed E-state index contributed by atoms with van der Waals surface area (Å²) in [5.74, 6) is -18.0. The van der Waals surface area contributed by atoms with E-state index in [1.807, 2.05) is 13.8 Å². The molecule has 0 aliphatic rings. The number of aliphatic hydroxyl groups excluding tert-OH is 3. The Labute approximate surface area is 712 Å². The Bertz CT molecular complexity index is 3670. The van der Waals surface area contributed by atoms with Crippen molar-refractivity contribution in [3.05, 3.63) is 29.8 Å². The molecule has 0 fully saturated rings. The lowest BCUT2D eigenvalue weighted by atomic mass is 9.97. The number of aliphatic imine (C=N–C) groups is 2. The van der Waals surface area contributed by atoms with E-state index in [2.05, 4.69) is 84.4 Å². The van der Waals surface area contributed by atoms with Gasteiger partial charge in [0, 0.05) is 19.5 Å². The van der Waals surface area contributed by atoms with Crippen LogP contribution in [0, 0.1) is 11.8 Å². The van der Waals surface area contributed by atoms with E-state index in [-0.39, 0.29) is 133 Å². The third-order valence-corrected chi connectivity index (χ3v) is 19.5. The molecule has 18 atom stereocenters. The lowest BCUT2D eigenvalue weighted by molar-refractivity contribution is -0.138. The number of primary amides is 2. The molecule has 1 aromatic carbocycles. The van der Waals surface area contributed by atoms with Gasteiger partial charge in [-0.3, -0.25) is 86.7 Å². The van der Waals surface area contributed by atoms with Gasteiger partial charge in [-0.25, -0.2) is 0 Å². The Morgan fingerprint density at radius 1 is 0.426 bits per heavy atom. The summed E-state index contributed by atoms with van der Waals surface area (Å²) >= 11 is 1.42. The predicted molar refractivity (Wildman–Crippen MR) is 450 cm³/mol. The number of nitrogens with one attached hydrogen (secondary N) is 14. The van der Waals surface area contributed by atoms with Crippen LogP contribution < -0.4 is 126 Å². The van der Waals surface area contributed by atoms with E-state index in [1.54, 1.807) is 20.1 Å². The first-order valence-corrected chi connectivity index (χ1v) is 41.6. The minimum atomic E-state index is -1.96. The van der Waals surface area contributed by atoms with Gasteiger partial charge in [0.2, 0.25) is 94.5 Å². The number of amides is 16. The zero-order valence-electron chi connectivity index (χ0n) is 70.6. The van der Waals surface area contributed by atoms with Crippen molar-refractivity contribution in [2.75, 3.05) is 44.8 Å². The van der Waals surface area contributed by atoms with Crippen molar-refractivity contribution in [2.45, 2.75) is 261 Å². The van der Waals surface area contributed by atoms with Crippen molar-refractivity contribution in [2.24, 2.45) is 73.4 Å². The van der Waals surface area contributed by atoms with Crippen molar-refractivity contribution in [1.29, 1.82) is 0 Å². The molecule has 0 spiro atoms. The maximum absolute atomic E-state index is 14.7. The Hall–Kier alpha value is -11.1. The van der Waals surface area contributed by atoms with Gasteiger partial charge in [-0.15, -0.1) is 0 Å². The molecular formula is C75H131N25O21S. The number of unbranched alkanes of at least 4 members (excludes halogenated alkanes) is 2. The van der Waals surface area contributed by atoms with E-state index >= 15 is 0 Å². The van der Waals surface area contributed by atoms with Crippen LogP contribution in [0.3, 0.4) is 0 Å². The van der Waals surface area contributed by atoms with Gasteiger partial charge in [0.05, 0.1) is 43.7 Å². The Balaban J connectivity index is 3.64. The number of nitrogens with zero attached hydrogens (tertiary/aromatic N) is 2. The van der Waals surface area contributed by atoms with E-state index in [1.165, 1.54) is 56.8 Å². The highest BCUT2D eigenvalue weighted by molar-refractivity contribution is 7.98. The zero-order chi connectivity index (χ0) is 92.6. The standard InChI is InChI=1S/C75H131N25O21S/c1-10-38(4)57(71(119)88-39(5)60(108)94-53(34-56(80)107)69(117)95-51(32-43-21-23-45(105)24-22-43)68(116)89-44(35-101)31-37(2)3)98-61(109)40(6)87-67(115)52(33-55(79)106)96-65(113)47(17-11-13-26-76)90-63(111)49(19-15-28-85-74(81)82)91-64(112)50(20-16-29-86-75(83)84)92-70(118)54(36-102)97-73(121)59(42(8)104)100-66(114)48(18-12-14-27-77)93-72(120)58(41(7)103)99-62(110)46(78)25-30-122-9/h21-24,35,37-42,44,46-54,57-59,102-105H,10-20,25-34,36,76-78H2,1-9H3,(H2,79,106)(H2,80,107)(H,87,115)(H,88,119)(H,89,116)(H,90,111)(H,91,112)(H,92,118)(H,93,120)(H,94,108)(H,95,117)(H,96,113)(H,97,121)(H,98,109)(H,99,110)(H,100,114)(H4,81,82,85)(H4,83,84,86)/t38-,39+,40+,41+,42-,44-,46-,47+,48+,49-,50-,51+,52+,53+,54+,57+,58+,59-/m0/s1. The van der Waals surface area contributed by atoms with Crippen LogP contribution in [0.5, 0.6) is 5.75 Å². The van der Waals surface area contributed by atoms with Crippen molar-refractivity contribution in [3.63, 3.8) is 0 Å². The van der Waals surface area contributed by atoms with E-state index in [0.717, 1.165) is 6.92 Å². The molecule has 0 unspecified atom stereocenters. The predicted octanol–water partition coefficient (Wildman–Crippen LogP) is -10.00. The molecule has 36 N–H and O–H groups in total. The molecule has 1 rings (SSSR count). The number of thioether (sulfide) groups is 1. The highest BCUT2D eigenvalue weighted by Gasteiger charge is 2.40. The molecule has 0 aliphatic carbocycles. The summed E-state index contributed by atoms with van der Waals surface area (Å²) in [4.78, 5) is 241. The number of aromatic hydroxyl groups is 1. The maximum Gasteiger partial charge on any atom is 0.245 e. The van der Waals surface area contributed by atoms with Crippen LogP contribution in [0.2, 0.25) is 0 Å². The van der Waals surface area contributed by atoms with Crippen LogP contribution in [-0.2, 0) is 87.9 Å². The Morgan fingerprint density at radius 2 is 0.770 bits per heavy atom. The molecule has 46 nitrogen and oxygen atoms in total. The highest BCUT2D eigenvalue weighted by atomic mass is 32.2. The molecule has 122 heavy (non-hydrogen) atoms. The van der Waals surface area contributed by atoms with Crippen molar-refractivity contribution >= 4 is 124 Å². The smallest absolute Gasteiger partial charge is 0.245 e. The molecule has 1 aromatic rings. The molecule has 0 aromatic heterocycles. The Morgan fingerprint density at radius 3 is 1.17 bits per heavy atom. The number of carbonyl (C=O) groups is 17. The van der Waals surface area contributed by atoms with Crippen LogP contribution in [0.15, 0.2) is 34.3 Å². The molecule has 0 radical (unpaired) electrons. The van der Waals surface area contributed by atoms with E-state index in [4.69, 9.17) is 51.6 Å². The van der Waals surface area contributed by atoms with Crippen LogP contribution >= 0.6 is 11.8 Å². The van der Waals surface area contributed by atoms with Gasteiger partial charge in [-0.05, 0) is 159 Å². The highest BCUT2D eigenvalue weighted by Crippen LogP contribution is 2.16. The van der Waals surface area contributed by atoms with Gasteiger partial charge in [0.15, 0.2) is 11.9 Å². The number of carbonyl (C=O) groups excluding carboxylic acids is 17. The minimum Gasteiger partial charge on any atom is -0.508 e. The second-order valence-electron chi connectivity index (χ2n) is 29.9. The normalized spacial score (nSPS) is 15.5. The van der Waals surface area contributed by atoms with E-state index < -0.39 is 223 Å². The fourth-order valence-electron chi connectivity index (χ4n) is 11.7. The number of rotatable bonds is 61. The number of hydrogen-bond acceptors (Lipinski definition) is 27. The van der Waals surface area contributed by atoms with Gasteiger partial charge in [-0.1, -0.05) is 46.2 Å².